The molecule has 0 heterocycles. The number of hydrogen-bond acceptors (Lipinski definition) is 3. The molecular formula is C8H14O5. The SMILES string of the molecule is CC(=O)C(=O)O.CC(C)CC(=O)O. The first-order valence-corrected chi connectivity index (χ1v) is 3.73. The normalized spacial score (nSPS) is 8.62. The standard InChI is InChI=1S/C5H10O2.C3H4O3/c1-4(2)3-5(6)7;1-2(4)3(5)6/h4H,3H2,1-2H3,(H,6,7);1H3,(H,5,6). The van der Waals surface area contributed by atoms with Gasteiger partial charge in [0.05, 0.1) is 0 Å². The van der Waals surface area contributed by atoms with Crippen molar-refractivity contribution in [3.8, 4) is 0 Å². The Bertz CT molecular complexity index is 183. The van der Waals surface area contributed by atoms with Crippen LogP contribution in [0.3, 0.4) is 0 Å². The second-order valence-corrected chi connectivity index (χ2v) is 2.85. The first-order valence-electron chi connectivity index (χ1n) is 3.73. The summed E-state index contributed by atoms with van der Waals surface area (Å²) in [5, 5.41) is 15.7. The number of carbonyl (C=O) groups is 3. The molecule has 0 aliphatic rings. The van der Waals surface area contributed by atoms with E-state index in [1.54, 1.807) is 0 Å². The van der Waals surface area contributed by atoms with Gasteiger partial charge in [0.25, 0.3) is 0 Å². The molecule has 0 atom stereocenters. The van der Waals surface area contributed by atoms with Crippen LogP contribution in [0.1, 0.15) is 27.2 Å². The quantitative estimate of drug-likeness (QED) is 0.641. The van der Waals surface area contributed by atoms with Gasteiger partial charge in [0.2, 0.25) is 5.78 Å². The topological polar surface area (TPSA) is 91.7 Å². The third-order valence-electron chi connectivity index (χ3n) is 0.884. The van der Waals surface area contributed by atoms with Crippen LogP contribution in [0, 0.1) is 5.92 Å². The van der Waals surface area contributed by atoms with Crippen LogP contribution in [0.15, 0.2) is 0 Å². The Morgan fingerprint density at radius 1 is 1.15 bits per heavy atom. The summed E-state index contributed by atoms with van der Waals surface area (Å²) in [4.78, 5) is 28.7. The van der Waals surface area contributed by atoms with Gasteiger partial charge in [-0.25, -0.2) is 4.79 Å². The van der Waals surface area contributed by atoms with Crippen LogP contribution in [0.2, 0.25) is 0 Å². The molecule has 0 aromatic carbocycles. The van der Waals surface area contributed by atoms with Gasteiger partial charge < -0.3 is 10.2 Å². The zero-order valence-electron chi connectivity index (χ0n) is 7.90. The van der Waals surface area contributed by atoms with Crippen molar-refractivity contribution in [2.75, 3.05) is 0 Å². The molecule has 0 saturated heterocycles. The molecule has 13 heavy (non-hydrogen) atoms. The van der Waals surface area contributed by atoms with Crippen LogP contribution in [0.4, 0.5) is 0 Å². The van der Waals surface area contributed by atoms with E-state index in [2.05, 4.69) is 0 Å². The number of carboxylic acid groups (broad SMARTS) is 2. The van der Waals surface area contributed by atoms with Gasteiger partial charge in [0, 0.05) is 13.3 Å². The van der Waals surface area contributed by atoms with E-state index in [-0.39, 0.29) is 12.3 Å². The molecule has 2 N–H and O–H groups in total. The molecular weight excluding hydrogens is 176 g/mol. The summed E-state index contributed by atoms with van der Waals surface area (Å²) in [5.74, 6) is -2.64. The molecule has 0 radical (unpaired) electrons. The zero-order chi connectivity index (χ0) is 11.0. The molecule has 0 aliphatic heterocycles. The average Bonchev–Trinajstić information content (AvgIpc) is 1.84. The minimum atomic E-state index is -1.38. The van der Waals surface area contributed by atoms with Crippen LogP contribution >= 0.6 is 0 Å². The Balaban J connectivity index is 0. The van der Waals surface area contributed by atoms with Crippen molar-refractivity contribution < 1.29 is 24.6 Å². The van der Waals surface area contributed by atoms with Crippen LogP contribution in [-0.4, -0.2) is 27.9 Å². The lowest BCUT2D eigenvalue weighted by molar-refractivity contribution is -0.148. The van der Waals surface area contributed by atoms with Crippen LogP contribution in [0.25, 0.3) is 0 Å². The van der Waals surface area contributed by atoms with Gasteiger partial charge in [-0.3, -0.25) is 9.59 Å². The lowest BCUT2D eigenvalue weighted by Gasteiger charge is -1.94. The van der Waals surface area contributed by atoms with E-state index in [0.717, 1.165) is 6.92 Å². The van der Waals surface area contributed by atoms with Crippen LogP contribution < -0.4 is 0 Å². The van der Waals surface area contributed by atoms with Crippen molar-refractivity contribution in [2.24, 2.45) is 5.92 Å². The van der Waals surface area contributed by atoms with E-state index in [4.69, 9.17) is 10.2 Å². The van der Waals surface area contributed by atoms with Gasteiger partial charge in [-0.1, -0.05) is 13.8 Å². The second-order valence-electron chi connectivity index (χ2n) is 2.85. The van der Waals surface area contributed by atoms with Crippen molar-refractivity contribution in [1.82, 2.24) is 0 Å². The highest BCUT2D eigenvalue weighted by Gasteiger charge is 1.99. The number of carbonyl (C=O) groups excluding carboxylic acids is 1. The molecule has 5 heteroatoms. The van der Waals surface area contributed by atoms with E-state index in [0.29, 0.717) is 0 Å². The van der Waals surface area contributed by atoms with E-state index in [9.17, 15) is 14.4 Å². The van der Waals surface area contributed by atoms with Gasteiger partial charge >= 0.3 is 11.9 Å². The minimum absolute atomic E-state index is 0.275. The summed E-state index contributed by atoms with van der Waals surface area (Å²) in [6.45, 7) is 4.77. The molecule has 0 amide bonds. The fourth-order valence-electron chi connectivity index (χ4n) is 0.349. The average molecular weight is 190 g/mol. The summed E-state index contributed by atoms with van der Waals surface area (Å²) in [6, 6.07) is 0. The number of Topliss-reactive ketones (excluding diaryl/α,β-unsaturated/α-hetero) is 1. The molecule has 5 nitrogen and oxygen atoms in total. The first-order chi connectivity index (χ1) is 5.77. The summed E-state index contributed by atoms with van der Waals surface area (Å²) in [6.07, 6.45) is 0.278. The lowest BCUT2D eigenvalue weighted by atomic mass is 10.1. The maximum absolute atomic E-state index is 9.81. The van der Waals surface area contributed by atoms with Crippen molar-refractivity contribution in [3.63, 3.8) is 0 Å². The van der Waals surface area contributed by atoms with Crippen molar-refractivity contribution >= 4 is 17.7 Å². The second kappa shape index (κ2) is 7.27. The molecule has 0 fully saturated rings. The predicted octanol–water partition coefficient (Wildman–Crippen LogP) is 0.777. The van der Waals surface area contributed by atoms with E-state index >= 15 is 0 Å². The third-order valence-corrected chi connectivity index (χ3v) is 0.884. The highest BCUT2D eigenvalue weighted by Crippen LogP contribution is 1.96. The maximum atomic E-state index is 9.81. The van der Waals surface area contributed by atoms with Gasteiger partial charge in [0.1, 0.15) is 0 Å². The van der Waals surface area contributed by atoms with Gasteiger partial charge in [-0.05, 0) is 5.92 Å². The molecule has 76 valence electrons. The fourth-order valence-corrected chi connectivity index (χ4v) is 0.349. The number of carboxylic acids is 2. The third kappa shape index (κ3) is 18.0. The lowest BCUT2D eigenvalue weighted by Crippen LogP contribution is -2.05. The Morgan fingerprint density at radius 2 is 1.46 bits per heavy atom. The molecule has 0 rings (SSSR count). The molecule has 0 aromatic heterocycles. The van der Waals surface area contributed by atoms with Gasteiger partial charge in [-0.2, -0.15) is 0 Å². The Hall–Kier alpha value is -1.39. The number of rotatable bonds is 3. The highest BCUT2D eigenvalue weighted by atomic mass is 16.4. The Labute approximate surface area is 76.4 Å². The number of aliphatic carboxylic acids is 2. The van der Waals surface area contributed by atoms with Crippen LogP contribution in [0.5, 0.6) is 0 Å². The van der Waals surface area contributed by atoms with Crippen molar-refractivity contribution in [3.05, 3.63) is 0 Å². The largest absolute Gasteiger partial charge is 0.481 e. The monoisotopic (exact) mass is 190 g/mol. The van der Waals surface area contributed by atoms with Gasteiger partial charge in [0.15, 0.2) is 0 Å². The number of hydrogen-bond donors (Lipinski definition) is 2. The number of ketones is 1. The minimum Gasteiger partial charge on any atom is -0.481 e. The molecule has 0 bridgehead atoms. The summed E-state index contributed by atoms with van der Waals surface area (Å²) in [5.41, 5.74) is 0. The molecule has 0 spiro atoms. The Kier molecular flexibility index (Phi) is 7.91. The first kappa shape index (κ1) is 14.2. The molecule has 0 saturated carbocycles. The molecule has 0 aromatic rings. The van der Waals surface area contributed by atoms with Crippen molar-refractivity contribution in [2.45, 2.75) is 27.2 Å². The highest BCUT2D eigenvalue weighted by molar-refractivity contribution is 6.31. The van der Waals surface area contributed by atoms with E-state index in [1.165, 1.54) is 0 Å². The summed E-state index contributed by atoms with van der Waals surface area (Å²) in [7, 11) is 0. The van der Waals surface area contributed by atoms with Crippen molar-refractivity contribution in [1.29, 1.82) is 0 Å². The predicted molar refractivity (Wildman–Crippen MR) is 45.4 cm³/mol. The maximum Gasteiger partial charge on any atom is 0.371 e. The zero-order valence-corrected chi connectivity index (χ0v) is 7.90. The fraction of sp³-hybridized carbons (Fsp3) is 0.625. The smallest absolute Gasteiger partial charge is 0.371 e. The summed E-state index contributed by atoms with van der Waals surface area (Å²) < 4.78 is 0. The molecule has 0 unspecified atom stereocenters. The Morgan fingerprint density at radius 3 is 1.46 bits per heavy atom. The van der Waals surface area contributed by atoms with Gasteiger partial charge in [-0.15, -0.1) is 0 Å². The van der Waals surface area contributed by atoms with E-state index < -0.39 is 17.7 Å². The molecule has 0 aliphatic carbocycles. The van der Waals surface area contributed by atoms with Crippen LogP contribution in [-0.2, 0) is 14.4 Å². The van der Waals surface area contributed by atoms with E-state index in [1.807, 2.05) is 13.8 Å². The summed E-state index contributed by atoms with van der Waals surface area (Å²) >= 11 is 0.